The highest BCUT2D eigenvalue weighted by Crippen LogP contribution is 2.08. The quantitative estimate of drug-likeness (QED) is 0.592. The average molecular weight is 187 g/mol. The normalized spacial score (nSPS) is 13.0. The summed E-state index contributed by atoms with van der Waals surface area (Å²) >= 11 is 0. The van der Waals surface area contributed by atoms with E-state index in [0.717, 1.165) is 19.5 Å². The van der Waals surface area contributed by atoms with Gasteiger partial charge in [0.15, 0.2) is 0 Å². The molecule has 78 valence electrons. The van der Waals surface area contributed by atoms with Crippen molar-refractivity contribution in [2.75, 3.05) is 20.2 Å². The molecule has 0 heterocycles. The van der Waals surface area contributed by atoms with Crippen LogP contribution < -0.4 is 0 Å². The molecule has 0 spiro atoms. The van der Waals surface area contributed by atoms with Crippen molar-refractivity contribution in [1.29, 1.82) is 0 Å². The predicted molar refractivity (Wildman–Crippen MR) is 53.6 cm³/mol. The van der Waals surface area contributed by atoms with E-state index in [2.05, 4.69) is 30.4 Å². The van der Waals surface area contributed by atoms with Crippen molar-refractivity contribution in [3.05, 3.63) is 0 Å². The van der Waals surface area contributed by atoms with Gasteiger partial charge in [-0.2, -0.15) is 0 Å². The van der Waals surface area contributed by atoms with Gasteiger partial charge in [-0.1, -0.05) is 20.8 Å². The van der Waals surface area contributed by atoms with Crippen LogP contribution in [0.25, 0.3) is 0 Å². The summed E-state index contributed by atoms with van der Waals surface area (Å²) in [5.74, 6) is -0.112. The molecular formula is C10H21NO2. The number of rotatable bonds is 6. The zero-order chi connectivity index (χ0) is 10.3. The van der Waals surface area contributed by atoms with Crippen molar-refractivity contribution in [3.8, 4) is 0 Å². The van der Waals surface area contributed by atoms with Gasteiger partial charge >= 0.3 is 5.97 Å². The number of esters is 1. The van der Waals surface area contributed by atoms with E-state index in [1.807, 2.05) is 0 Å². The number of carbonyl (C=O) groups is 1. The molecule has 0 bridgehead atoms. The van der Waals surface area contributed by atoms with Gasteiger partial charge in [0.25, 0.3) is 0 Å². The minimum atomic E-state index is -0.112. The monoisotopic (exact) mass is 187 g/mol. The fourth-order valence-corrected chi connectivity index (χ4v) is 1.55. The van der Waals surface area contributed by atoms with Crippen LogP contribution in [0.3, 0.4) is 0 Å². The van der Waals surface area contributed by atoms with Crippen LogP contribution in [0.2, 0.25) is 0 Å². The summed E-state index contributed by atoms with van der Waals surface area (Å²) in [5, 5.41) is 0. The molecule has 0 rings (SSSR count). The molecule has 0 saturated carbocycles. The van der Waals surface area contributed by atoms with E-state index < -0.39 is 0 Å². The average Bonchev–Trinajstić information content (AvgIpc) is 2.17. The fraction of sp³-hybridized carbons (Fsp3) is 0.900. The Kier molecular flexibility index (Phi) is 6.59. The Bertz CT molecular complexity index is 144. The maximum absolute atomic E-state index is 11.1. The van der Waals surface area contributed by atoms with Crippen molar-refractivity contribution < 1.29 is 9.53 Å². The Balaban J connectivity index is 4.06. The van der Waals surface area contributed by atoms with Gasteiger partial charge in [-0.25, -0.2) is 0 Å². The molecule has 0 N–H and O–H groups in total. The van der Waals surface area contributed by atoms with Crippen LogP contribution in [-0.2, 0) is 9.53 Å². The van der Waals surface area contributed by atoms with Gasteiger partial charge in [-0.15, -0.1) is 0 Å². The molecule has 3 heteroatoms. The van der Waals surface area contributed by atoms with Gasteiger partial charge in [-0.3, -0.25) is 4.79 Å². The molecule has 13 heavy (non-hydrogen) atoms. The van der Waals surface area contributed by atoms with Crippen LogP contribution in [0.5, 0.6) is 0 Å². The first-order chi connectivity index (χ1) is 6.19. The van der Waals surface area contributed by atoms with Crippen LogP contribution in [0.1, 0.15) is 33.6 Å². The lowest BCUT2D eigenvalue weighted by Gasteiger charge is -2.27. The standard InChI is InChI=1S/C10H21NO2/c1-5-9(8-10(12)13-4)11(6-2)7-3/h9H,5-8H2,1-4H3/t9-/m0/s1. The van der Waals surface area contributed by atoms with Gasteiger partial charge < -0.3 is 9.64 Å². The van der Waals surface area contributed by atoms with Crippen molar-refractivity contribution >= 4 is 5.97 Å². The van der Waals surface area contributed by atoms with E-state index in [0.29, 0.717) is 12.5 Å². The van der Waals surface area contributed by atoms with E-state index in [-0.39, 0.29) is 5.97 Å². The minimum Gasteiger partial charge on any atom is -0.469 e. The first-order valence-electron chi connectivity index (χ1n) is 5.00. The van der Waals surface area contributed by atoms with Crippen LogP contribution >= 0.6 is 0 Å². The van der Waals surface area contributed by atoms with Crippen LogP contribution in [0.4, 0.5) is 0 Å². The summed E-state index contributed by atoms with van der Waals surface area (Å²) in [6.45, 7) is 8.32. The molecule has 0 aliphatic rings. The molecule has 0 aromatic carbocycles. The predicted octanol–water partition coefficient (Wildman–Crippen LogP) is 1.67. The maximum atomic E-state index is 11.1. The third-order valence-electron chi connectivity index (χ3n) is 2.43. The second-order valence-corrected chi connectivity index (χ2v) is 3.06. The lowest BCUT2D eigenvalue weighted by molar-refractivity contribution is -0.142. The molecule has 0 aliphatic carbocycles. The largest absolute Gasteiger partial charge is 0.469 e. The van der Waals surface area contributed by atoms with E-state index >= 15 is 0 Å². The van der Waals surface area contributed by atoms with Gasteiger partial charge in [0, 0.05) is 6.04 Å². The number of hydrogen-bond donors (Lipinski definition) is 0. The molecule has 0 saturated heterocycles. The third-order valence-corrected chi connectivity index (χ3v) is 2.43. The van der Waals surface area contributed by atoms with Gasteiger partial charge in [-0.05, 0) is 19.5 Å². The number of ether oxygens (including phenoxy) is 1. The summed E-state index contributed by atoms with van der Waals surface area (Å²) in [4.78, 5) is 13.4. The molecular weight excluding hydrogens is 166 g/mol. The van der Waals surface area contributed by atoms with Crippen LogP contribution in [-0.4, -0.2) is 37.1 Å². The summed E-state index contributed by atoms with van der Waals surface area (Å²) in [6.07, 6.45) is 1.51. The molecule has 3 nitrogen and oxygen atoms in total. The summed E-state index contributed by atoms with van der Waals surface area (Å²) in [6, 6.07) is 0.336. The number of methoxy groups -OCH3 is 1. The number of hydrogen-bond acceptors (Lipinski definition) is 3. The lowest BCUT2D eigenvalue weighted by Crippen LogP contribution is -2.36. The van der Waals surface area contributed by atoms with Gasteiger partial charge in [0.2, 0.25) is 0 Å². The van der Waals surface area contributed by atoms with E-state index in [9.17, 15) is 4.79 Å². The molecule has 0 unspecified atom stereocenters. The second kappa shape index (κ2) is 6.89. The third kappa shape index (κ3) is 4.27. The zero-order valence-corrected chi connectivity index (χ0v) is 9.17. The molecule has 0 fully saturated rings. The van der Waals surface area contributed by atoms with Crippen molar-refractivity contribution in [2.45, 2.75) is 39.7 Å². The molecule has 0 radical (unpaired) electrons. The SMILES string of the molecule is CC[C@@H](CC(=O)OC)N(CC)CC. The zero-order valence-electron chi connectivity index (χ0n) is 9.17. The Morgan fingerprint density at radius 2 is 1.85 bits per heavy atom. The van der Waals surface area contributed by atoms with Crippen molar-refractivity contribution in [2.24, 2.45) is 0 Å². The Labute approximate surface area is 81.1 Å². The molecule has 0 aliphatic heterocycles. The first-order valence-corrected chi connectivity index (χ1v) is 5.00. The first kappa shape index (κ1) is 12.4. The van der Waals surface area contributed by atoms with Gasteiger partial charge in [0.1, 0.15) is 0 Å². The highest BCUT2D eigenvalue weighted by molar-refractivity contribution is 5.69. The summed E-state index contributed by atoms with van der Waals surface area (Å²) in [5.41, 5.74) is 0. The number of nitrogens with zero attached hydrogens (tertiary/aromatic N) is 1. The van der Waals surface area contributed by atoms with E-state index in [1.54, 1.807) is 0 Å². The van der Waals surface area contributed by atoms with Crippen LogP contribution in [0.15, 0.2) is 0 Å². The van der Waals surface area contributed by atoms with E-state index in [4.69, 9.17) is 0 Å². The minimum absolute atomic E-state index is 0.112. The Morgan fingerprint density at radius 1 is 1.31 bits per heavy atom. The van der Waals surface area contributed by atoms with Crippen molar-refractivity contribution in [3.63, 3.8) is 0 Å². The fourth-order valence-electron chi connectivity index (χ4n) is 1.55. The summed E-state index contributed by atoms with van der Waals surface area (Å²) in [7, 11) is 1.44. The number of carbonyl (C=O) groups excluding carboxylic acids is 1. The lowest BCUT2D eigenvalue weighted by atomic mass is 10.1. The van der Waals surface area contributed by atoms with Gasteiger partial charge in [0.05, 0.1) is 13.5 Å². The Hall–Kier alpha value is -0.570. The molecule has 0 aromatic rings. The van der Waals surface area contributed by atoms with Crippen LogP contribution in [0, 0.1) is 0 Å². The topological polar surface area (TPSA) is 29.5 Å². The molecule has 1 atom stereocenters. The Morgan fingerprint density at radius 3 is 2.15 bits per heavy atom. The molecule has 0 aromatic heterocycles. The summed E-state index contributed by atoms with van der Waals surface area (Å²) < 4.78 is 4.66. The highest BCUT2D eigenvalue weighted by Gasteiger charge is 2.17. The van der Waals surface area contributed by atoms with Crippen molar-refractivity contribution in [1.82, 2.24) is 4.90 Å². The smallest absolute Gasteiger partial charge is 0.307 e. The van der Waals surface area contributed by atoms with E-state index in [1.165, 1.54) is 7.11 Å². The maximum Gasteiger partial charge on any atom is 0.307 e. The molecule has 0 amide bonds. The second-order valence-electron chi connectivity index (χ2n) is 3.06. The highest BCUT2D eigenvalue weighted by atomic mass is 16.5.